The van der Waals surface area contributed by atoms with E-state index in [9.17, 15) is 23.2 Å². The highest BCUT2D eigenvalue weighted by Gasteiger charge is 2.39. The fourth-order valence-electron chi connectivity index (χ4n) is 4.28. The van der Waals surface area contributed by atoms with Crippen LogP contribution in [-0.2, 0) is 0 Å². The van der Waals surface area contributed by atoms with Gasteiger partial charge in [0.25, 0.3) is 0 Å². The number of hydrogen-bond donors (Lipinski definition) is 0. The van der Waals surface area contributed by atoms with E-state index in [2.05, 4.69) is 21.3 Å². The summed E-state index contributed by atoms with van der Waals surface area (Å²) < 4.78 is 49.0. The minimum absolute atomic E-state index is 0.0598. The second-order valence-corrected chi connectivity index (χ2v) is 8.57. The van der Waals surface area contributed by atoms with E-state index in [1.807, 2.05) is 0 Å². The standard InChI is InChI=1S/C24H20F3N7O2/c1-13-19(9-28)14(2)33(31-13)23-8-22(20(27)10-29-23)36-18-11-32(12-18)24(35)34-21(3-4-30-34)15-5-16(25)7-17(26)6-15/h4-8,10,18,21H,3,11-12H2,1-2H3. The summed E-state index contributed by atoms with van der Waals surface area (Å²) in [4.78, 5) is 18.5. The normalized spacial score (nSPS) is 17.3. The van der Waals surface area contributed by atoms with Crippen molar-refractivity contribution in [1.82, 2.24) is 24.7 Å². The maximum atomic E-state index is 14.4. The Morgan fingerprint density at radius 2 is 1.86 bits per heavy atom. The Morgan fingerprint density at radius 3 is 2.53 bits per heavy atom. The Balaban J connectivity index is 1.26. The number of ether oxygens (including phenoxy) is 1. The summed E-state index contributed by atoms with van der Waals surface area (Å²) in [5.74, 6) is -1.91. The second kappa shape index (κ2) is 8.99. The highest BCUT2D eigenvalue weighted by molar-refractivity contribution is 5.79. The molecule has 1 fully saturated rings. The Hall–Kier alpha value is -4.40. The molecular weight excluding hydrogens is 475 g/mol. The molecule has 0 saturated carbocycles. The zero-order valence-electron chi connectivity index (χ0n) is 19.3. The number of carbonyl (C=O) groups excluding carboxylic acids is 1. The minimum Gasteiger partial charge on any atom is -0.483 e. The van der Waals surface area contributed by atoms with Crippen molar-refractivity contribution in [1.29, 1.82) is 5.26 Å². The highest BCUT2D eigenvalue weighted by atomic mass is 19.1. The van der Waals surface area contributed by atoms with Crippen LogP contribution in [0.15, 0.2) is 35.6 Å². The number of hydrazone groups is 1. The smallest absolute Gasteiger partial charge is 0.341 e. The van der Waals surface area contributed by atoms with Crippen molar-refractivity contribution in [3.05, 3.63) is 70.4 Å². The van der Waals surface area contributed by atoms with Crippen molar-refractivity contribution < 1.29 is 22.7 Å². The quantitative estimate of drug-likeness (QED) is 0.549. The van der Waals surface area contributed by atoms with Gasteiger partial charge >= 0.3 is 6.03 Å². The van der Waals surface area contributed by atoms with Crippen LogP contribution in [0.5, 0.6) is 5.75 Å². The molecule has 2 aliphatic rings. The third-order valence-electron chi connectivity index (χ3n) is 6.13. The lowest BCUT2D eigenvalue weighted by molar-refractivity contribution is 0.0256. The van der Waals surface area contributed by atoms with Gasteiger partial charge in [-0.25, -0.2) is 32.6 Å². The molecule has 2 amide bonds. The number of carbonyl (C=O) groups is 1. The van der Waals surface area contributed by atoms with Crippen LogP contribution in [-0.4, -0.2) is 56.1 Å². The first-order chi connectivity index (χ1) is 17.2. The monoisotopic (exact) mass is 495 g/mol. The van der Waals surface area contributed by atoms with Crippen LogP contribution in [0.2, 0.25) is 0 Å². The largest absolute Gasteiger partial charge is 0.483 e. The van der Waals surface area contributed by atoms with Crippen LogP contribution >= 0.6 is 0 Å². The van der Waals surface area contributed by atoms with Gasteiger partial charge in [-0.05, 0) is 31.5 Å². The van der Waals surface area contributed by atoms with E-state index in [-0.39, 0.29) is 24.7 Å². The van der Waals surface area contributed by atoms with Gasteiger partial charge in [0, 0.05) is 24.8 Å². The molecule has 1 atom stereocenters. The first-order valence-electron chi connectivity index (χ1n) is 11.1. The van der Waals surface area contributed by atoms with Gasteiger partial charge in [0.2, 0.25) is 0 Å². The van der Waals surface area contributed by atoms with Gasteiger partial charge in [0.15, 0.2) is 17.4 Å². The second-order valence-electron chi connectivity index (χ2n) is 8.57. The number of urea groups is 1. The lowest BCUT2D eigenvalue weighted by Crippen LogP contribution is -2.58. The lowest BCUT2D eigenvalue weighted by atomic mass is 10.0. The van der Waals surface area contributed by atoms with Crippen LogP contribution in [0.4, 0.5) is 18.0 Å². The third kappa shape index (κ3) is 4.13. The lowest BCUT2D eigenvalue weighted by Gasteiger charge is -2.41. The van der Waals surface area contributed by atoms with Crippen LogP contribution in [0.3, 0.4) is 0 Å². The van der Waals surface area contributed by atoms with Gasteiger partial charge in [-0.3, -0.25) is 0 Å². The Bertz CT molecular complexity index is 1410. The van der Waals surface area contributed by atoms with E-state index in [0.717, 1.165) is 12.3 Å². The number of hydrogen-bond acceptors (Lipinski definition) is 6. The van der Waals surface area contributed by atoms with Gasteiger partial charge in [-0.2, -0.15) is 15.5 Å². The average Bonchev–Trinajstić information content (AvgIpc) is 3.40. The molecule has 3 aromatic rings. The summed E-state index contributed by atoms with van der Waals surface area (Å²) in [5, 5.41) is 18.8. The number of likely N-dealkylation sites (tertiary alicyclic amines) is 1. The number of aromatic nitrogens is 3. The summed E-state index contributed by atoms with van der Waals surface area (Å²) >= 11 is 0. The van der Waals surface area contributed by atoms with Crippen LogP contribution < -0.4 is 4.74 Å². The van der Waals surface area contributed by atoms with Crippen molar-refractivity contribution >= 4 is 12.2 Å². The van der Waals surface area contributed by atoms with Crippen molar-refractivity contribution in [2.75, 3.05) is 13.1 Å². The molecule has 0 radical (unpaired) electrons. The van der Waals surface area contributed by atoms with Gasteiger partial charge in [0.05, 0.1) is 42.3 Å². The fourth-order valence-corrected chi connectivity index (χ4v) is 4.28. The maximum absolute atomic E-state index is 14.4. The van der Waals surface area contributed by atoms with Crippen molar-refractivity contribution in [3.63, 3.8) is 0 Å². The third-order valence-corrected chi connectivity index (χ3v) is 6.13. The number of benzene rings is 1. The number of pyridine rings is 1. The Kier molecular flexibility index (Phi) is 5.83. The molecule has 0 spiro atoms. The Labute approximate surface area is 204 Å². The van der Waals surface area contributed by atoms with Gasteiger partial charge in [-0.1, -0.05) is 0 Å². The molecule has 2 aromatic heterocycles. The van der Waals surface area contributed by atoms with E-state index >= 15 is 0 Å². The molecule has 12 heteroatoms. The Morgan fingerprint density at radius 1 is 1.14 bits per heavy atom. The average molecular weight is 495 g/mol. The summed E-state index contributed by atoms with van der Waals surface area (Å²) in [6, 6.07) is 5.53. The topological polar surface area (TPSA) is 99.6 Å². The zero-order chi connectivity index (χ0) is 25.6. The van der Waals surface area contributed by atoms with Crippen LogP contribution in [0.25, 0.3) is 5.82 Å². The number of amides is 2. The summed E-state index contributed by atoms with van der Waals surface area (Å²) in [7, 11) is 0. The summed E-state index contributed by atoms with van der Waals surface area (Å²) in [6.07, 6.45) is 2.37. The van der Waals surface area contributed by atoms with Crippen molar-refractivity contribution in [2.24, 2.45) is 5.10 Å². The molecule has 9 nitrogen and oxygen atoms in total. The summed E-state index contributed by atoms with van der Waals surface area (Å²) in [6.45, 7) is 3.75. The molecule has 0 N–H and O–H groups in total. The molecular formula is C24H20F3N7O2. The molecule has 1 unspecified atom stereocenters. The molecule has 1 saturated heterocycles. The number of rotatable bonds is 4. The number of nitriles is 1. The van der Waals surface area contributed by atoms with E-state index in [0.29, 0.717) is 28.9 Å². The fraction of sp³-hybridized carbons (Fsp3) is 0.292. The summed E-state index contributed by atoms with van der Waals surface area (Å²) in [5.41, 5.74) is 1.82. The van der Waals surface area contributed by atoms with Gasteiger partial charge in [0.1, 0.15) is 23.8 Å². The van der Waals surface area contributed by atoms with Crippen molar-refractivity contribution in [3.8, 4) is 17.6 Å². The van der Waals surface area contributed by atoms with Crippen molar-refractivity contribution in [2.45, 2.75) is 32.4 Å². The maximum Gasteiger partial charge on any atom is 0.341 e. The SMILES string of the molecule is Cc1nn(-c2cc(OC3CN(C(=O)N4N=CCC4c4cc(F)cc(F)c4)C3)c(F)cn2)c(C)c1C#N. The minimum atomic E-state index is -0.732. The zero-order valence-corrected chi connectivity index (χ0v) is 19.3. The van der Waals surface area contributed by atoms with E-state index in [4.69, 9.17) is 4.74 Å². The first kappa shape index (κ1) is 23.3. The predicted octanol–water partition coefficient (Wildman–Crippen LogP) is 3.79. The highest BCUT2D eigenvalue weighted by Crippen LogP contribution is 2.32. The van der Waals surface area contributed by atoms with Gasteiger partial charge in [-0.15, -0.1) is 0 Å². The molecule has 184 valence electrons. The molecule has 1 aromatic carbocycles. The molecule has 4 heterocycles. The van der Waals surface area contributed by atoms with E-state index < -0.39 is 35.6 Å². The molecule has 0 aliphatic carbocycles. The molecule has 36 heavy (non-hydrogen) atoms. The van der Waals surface area contributed by atoms with Crippen LogP contribution in [0, 0.1) is 42.6 Å². The van der Waals surface area contributed by atoms with Gasteiger partial charge < -0.3 is 9.64 Å². The number of aryl methyl sites for hydroxylation is 1. The molecule has 0 bridgehead atoms. The van der Waals surface area contributed by atoms with E-state index in [1.165, 1.54) is 39.0 Å². The predicted molar refractivity (Wildman–Crippen MR) is 121 cm³/mol. The number of halogens is 3. The molecule has 2 aliphatic heterocycles. The van der Waals surface area contributed by atoms with E-state index in [1.54, 1.807) is 13.8 Å². The van der Waals surface area contributed by atoms with Crippen LogP contribution in [0.1, 0.15) is 35.0 Å². The first-order valence-corrected chi connectivity index (χ1v) is 11.1. The molecule has 5 rings (SSSR count). The number of nitrogens with zero attached hydrogens (tertiary/aromatic N) is 7.